The molecule has 0 saturated carbocycles. The summed E-state index contributed by atoms with van der Waals surface area (Å²) in [7, 11) is 0. The number of hydrogen-bond donors (Lipinski definition) is 2. The van der Waals surface area contributed by atoms with E-state index in [1.54, 1.807) is 39.8 Å². The zero-order valence-corrected chi connectivity index (χ0v) is 13.1. The molecular formula is C16H20N2O4. The van der Waals surface area contributed by atoms with Crippen molar-refractivity contribution in [2.24, 2.45) is 0 Å². The monoisotopic (exact) mass is 304 g/mol. The number of carbonyl (C=O) groups is 1. The average molecular weight is 304 g/mol. The summed E-state index contributed by atoms with van der Waals surface area (Å²) in [6, 6.07) is 7.22. The van der Waals surface area contributed by atoms with Crippen molar-refractivity contribution in [1.29, 1.82) is 0 Å². The highest BCUT2D eigenvalue weighted by Gasteiger charge is 2.20. The normalized spacial score (nSPS) is 11.3. The predicted molar refractivity (Wildman–Crippen MR) is 82.5 cm³/mol. The Morgan fingerprint density at radius 1 is 1.36 bits per heavy atom. The second-order valence-corrected chi connectivity index (χ2v) is 5.90. The number of anilines is 1. The first-order valence-corrected chi connectivity index (χ1v) is 6.97. The van der Waals surface area contributed by atoms with Crippen LogP contribution in [0.25, 0.3) is 11.1 Å². The maximum Gasteiger partial charge on any atom is 0.412 e. The van der Waals surface area contributed by atoms with E-state index in [2.05, 4.69) is 10.5 Å². The molecule has 118 valence electrons. The molecule has 2 N–H and O–H groups in total. The second-order valence-electron chi connectivity index (χ2n) is 5.90. The standard InChI is InChI=1S/C16H20N2O4/c1-10-14(13(9-19)22-18-10)11-7-5-6-8-12(11)17-15(20)21-16(2,3)4/h5-8,19H,9H2,1-4H3,(H,17,20). The molecule has 0 aliphatic rings. The number of amides is 1. The molecule has 6 heteroatoms. The Kier molecular flexibility index (Phi) is 4.51. The van der Waals surface area contributed by atoms with Gasteiger partial charge in [0.05, 0.1) is 16.9 Å². The van der Waals surface area contributed by atoms with Gasteiger partial charge in [0.25, 0.3) is 0 Å². The third-order valence-electron chi connectivity index (χ3n) is 2.91. The second kappa shape index (κ2) is 6.19. The van der Waals surface area contributed by atoms with E-state index in [-0.39, 0.29) is 6.61 Å². The third kappa shape index (κ3) is 3.65. The Balaban J connectivity index is 2.35. The minimum Gasteiger partial charge on any atom is -0.444 e. The zero-order chi connectivity index (χ0) is 16.3. The molecule has 0 saturated heterocycles. The number of aliphatic hydroxyl groups is 1. The van der Waals surface area contributed by atoms with Crippen molar-refractivity contribution in [3.05, 3.63) is 35.7 Å². The Morgan fingerprint density at radius 3 is 2.68 bits per heavy atom. The molecule has 1 heterocycles. The summed E-state index contributed by atoms with van der Waals surface area (Å²) in [5, 5.41) is 16.0. The molecule has 0 spiro atoms. The van der Waals surface area contributed by atoms with Gasteiger partial charge in [-0.2, -0.15) is 0 Å². The Bertz CT molecular complexity index is 671. The van der Waals surface area contributed by atoms with Gasteiger partial charge < -0.3 is 14.4 Å². The van der Waals surface area contributed by atoms with Crippen molar-refractivity contribution in [3.8, 4) is 11.1 Å². The topological polar surface area (TPSA) is 84.6 Å². The maximum atomic E-state index is 12.0. The van der Waals surface area contributed by atoms with Gasteiger partial charge in [-0.05, 0) is 33.8 Å². The lowest BCUT2D eigenvalue weighted by Crippen LogP contribution is -2.27. The van der Waals surface area contributed by atoms with Crippen LogP contribution >= 0.6 is 0 Å². The van der Waals surface area contributed by atoms with Gasteiger partial charge in [-0.25, -0.2) is 4.79 Å². The fraction of sp³-hybridized carbons (Fsp3) is 0.375. The van der Waals surface area contributed by atoms with Gasteiger partial charge in [-0.3, -0.25) is 5.32 Å². The summed E-state index contributed by atoms with van der Waals surface area (Å²) in [6.45, 7) is 6.91. The molecular weight excluding hydrogens is 284 g/mol. The minimum absolute atomic E-state index is 0.267. The van der Waals surface area contributed by atoms with Gasteiger partial charge >= 0.3 is 6.09 Å². The lowest BCUT2D eigenvalue weighted by atomic mass is 10.0. The maximum absolute atomic E-state index is 12.0. The van der Waals surface area contributed by atoms with Crippen molar-refractivity contribution in [2.45, 2.75) is 39.9 Å². The number of ether oxygens (including phenoxy) is 1. The Morgan fingerprint density at radius 2 is 2.05 bits per heavy atom. The molecule has 22 heavy (non-hydrogen) atoms. The number of aryl methyl sites for hydroxylation is 1. The zero-order valence-electron chi connectivity index (χ0n) is 13.1. The third-order valence-corrected chi connectivity index (χ3v) is 2.91. The number of nitrogens with zero attached hydrogens (tertiary/aromatic N) is 1. The van der Waals surface area contributed by atoms with Crippen molar-refractivity contribution in [3.63, 3.8) is 0 Å². The molecule has 2 rings (SSSR count). The van der Waals surface area contributed by atoms with Crippen LogP contribution in [0, 0.1) is 6.92 Å². The van der Waals surface area contributed by atoms with Gasteiger partial charge in [-0.1, -0.05) is 23.4 Å². The highest BCUT2D eigenvalue weighted by Crippen LogP contribution is 2.33. The fourth-order valence-electron chi connectivity index (χ4n) is 2.09. The summed E-state index contributed by atoms with van der Waals surface area (Å²) in [5.41, 5.74) is 2.02. The van der Waals surface area contributed by atoms with Crippen LogP contribution in [0.1, 0.15) is 32.2 Å². The van der Waals surface area contributed by atoms with Gasteiger partial charge in [0.15, 0.2) is 5.76 Å². The molecule has 0 aliphatic heterocycles. The fourth-order valence-corrected chi connectivity index (χ4v) is 2.09. The van der Waals surface area contributed by atoms with E-state index in [9.17, 15) is 9.90 Å². The lowest BCUT2D eigenvalue weighted by Gasteiger charge is -2.20. The summed E-state index contributed by atoms with van der Waals surface area (Å²) in [5.74, 6) is 0.357. The number of aromatic nitrogens is 1. The quantitative estimate of drug-likeness (QED) is 0.906. The molecule has 0 radical (unpaired) electrons. The van der Waals surface area contributed by atoms with Crippen LogP contribution in [0.3, 0.4) is 0 Å². The molecule has 1 amide bonds. The van der Waals surface area contributed by atoms with E-state index in [1.165, 1.54) is 0 Å². The number of nitrogens with one attached hydrogen (secondary N) is 1. The molecule has 0 fully saturated rings. The molecule has 0 aliphatic carbocycles. The summed E-state index contributed by atoms with van der Waals surface area (Å²) in [6.07, 6.45) is -0.542. The van der Waals surface area contributed by atoms with Gasteiger partial charge in [0.2, 0.25) is 0 Å². The predicted octanol–water partition coefficient (Wildman–Crippen LogP) is 3.49. The van der Waals surface area contributed by atoms with Crippen LogP contribution in [0.4, 0.5) is 10.5 Å². The average Bonchev–Trinajstić information content (AvgIpc) is 2.78. The van der Waals surface area contributed by atoms with Gasteiger partial charge in [0, 0.05) is 5.56 Å². The number of para-hydroxylation sites is 1. The Labute approximate surface area is 129 Å². The van der Waals surface area contributed by atoms with Crippen LogP contribution in [-0.2, 0) is 11.3 Å². The van der Waals surface area contributed by atoms with Crippen LogP contribution in [0.2, 0.25) is 0 Å². The van der Waals surface area contributed by atoms with Crippen molar-refractivity contribution in [1.82, 2.24) is 5.16 Å². The number of carbonyl (C=O) groups excluding carboxylic acids is 1. The smallest absolute Gasteiger partial charge is 0.412 e. The minimum atomic E-state index is -0.581. The van der Waals surface area contributed by atoms with Crippen LogP contribution < -0.4 is 5.32 Å². The van der Waals surface area contributed by atoms with Crippen molar-refractivity contribution >= 4 is 11.8 Å². The van der Waals surface area contributed by atoms with E-state index in [4.69, 9.17) is 9.26 Å². The number of benzene rings is 1. The largest absolute Gasteiger partial charge is 0.444 e. The highest BCUT2D eigenvalue weighted by atomic mass is 16.6. The first-order chi connectivity index (χ1) is 10.3. The lowest BCUT2D eigenvalue weighted by molar-refractivity contribution is 0.0636. The van der Waals surface area contributed by atoms with Gasteiger partial charge in [0.1, 0.15) is 12.2 Å². The number of hydrogen-bond acceptors (Lipinski definition) is 5. The van der Waals surface area contributed by atoms with E-state index < -0.39 is 11.7 Å². The first-order valence-electron chi connectivity index (χ1n) is 6.97. The molecule has 0 atom stereocenters. The summed E-state index contributed by atoms with van der Waals surface area (Å²) in [4.78, 5) is 12.0. The van der Waals surface area contributed by atoms with Gasteiger partial charge in [-0.15, -0.1) is 0 Å². The number of rotatable bonds is 3. The first kappa shape index (κ1) is 16.0. The number of aliphatic hydroxyl groups excluding tert-OH is 1. The van der Waals surface area contributed by atoms with Crippen molar-refractivity contribution in [2.75, 3.05) is 5.32 Å². The highest BCUT2D eigenvalue weighted by molar-refractivity contribution is 5.92. The van der Waals surface area contributed by atoms with E-state index >= 15 is 0 Å². The summed E-state index contributed by atoms with van der Waals surface area (Å²) >= 11 is 0. The van der Waals surface area contributed by atoms with E-state index in [0.717, 1.165) is 5.56 Å². The molecule has 2 aromatic rings. The molecule has 1 aromatic heterocycles. The molecule has 0 unspecified atom stereocenters. The van der Waals surface area contributed by atoms with Crippen LogP contribution in [0.5, 0.6) is 0 Å². The molecule has 0 bridgehead atoms. The van der Waals surface area contributed by atoms with E-state index in [1.807, 2.05) is 12.1 Å². The molecule has 6 nitrogen and oxygen atoms in total. The van der Waals surface area contributed by atoms with Crippen LogP contribution in [-0.4, -0.2) is 22.0 Å². The SMILES string of the molecule is Cc1noc(CO)c1-c1ccccc1NC(=O)OC(C)(C)C. The van der Waals surface area contributed by atoms with Crippen LogP contribution in [0.15, 0.2) is 28.8 Å². The summed E-state index contributed by atoms with van der Waals surface area (Å²) < 4.78 is 10.4. The Hall–Kier alpha value is -2.34. The van der Waals surface area contributed by atoms with Crippen molar-refractivity contribution < 1.29 is 19.2 Å². The van der Waals surface area contributed by atoms with E-state index in [0.29, 0.717) is 22.7 Å². The molecule has 1 aromatic carbocycles.